The SMILES string of the molecule is Nc1ccc(OCCC(=O)NCc2ncc[nH]2)cc1. The third-order valence-electron chi connectivity index (χ3n) is 2.49. The number of H-pyrrole nitrogens is 1. The third kappa shape index (κ3) is 4.34. The molecule has 0 bridgehead atoms. The summed E-state index contributed by atoms with van der Waals surface area (Å²) in [6.07, 6.45) is 3.66. The van der Waals surface area contributed by atoms with E-state index in [1.165, 1.54) is 0 Å². The van der Waals surface area contributed by atoms with Crippen molar-refractivity contribution in [1.29, 1.82) is 0 Å². The highest BCUT2D eigenvalue weighted by atomic mass is 16.5. The van der Waals surface area contributed by atoms with Gasteiger partial charge in [0, 0.05) is 18.1 Å². The van der Waals surface area contributed by atoms with E-state index in [1.54, 1.807) is 36.7 Å². The van der Waals surface area contributed by atoms with E-state index in [4.69, 9.17) is 10.5 Å². The summed E-state index contributed by atoms with van der Waals surface area (Å²) in [5.41, 5.74) is 6.24. The van der Waals surface area contributed by atoms with Crippen molar-refractivity contribution in [1.82, 2.24) is 15.3 Å². The lowest BCUT2D eigenvalue weighted by Crippen LogP contribution is -2.24. The normalized spacial score (nSPS) is 10.1. The monoisotopic (exact) mass is 260 g/mol. The largest absolute Gasteiger partial charge is 0.493 e. The highest BCUT2D eigenvalue weighted by molar-refractivity contribution is 5.75. The average molecular weight is 260 g/mol. The van der Waals surface area contributed by atoms with Crippen molar-refractivity contribution in [2.75, 3.05) is 12.3 Å². The topological polar surface area (TPSA) is 93.0 Å². The van der Waals surface area contributed by atoms with Crippen molar-refractivity contribution >= 4 is 11.6 Å². The number of nitrogens with two attached hydrogens (primary N) is 1. The molecule has 0 saturated heterocycles. The maximum absolute atomic E-state index is 11.5. The fraction of sp³-hybridized carbons (Fsp3) is 0.231. The molecule has 2 aromatic rings. The Bertz CT molecular complexity index is 508. The molecule has 19 heavy (non-hydrogen) atoms. The number of hydrogen-bond acceptors (Lipinski definition) is 4. The van der Waals surface area contributed by atoms with Crippen LogP contribution in [0.4, 0.5) is 5.69 Å². The van der Waals surface area contributed by atoms with Crippen LogP contribution in [-0.2, 0) is 11.3 Å². The number of nitrogens with zero attached hydrogens (tertiary/aromatic N) is 1. The minimum atomic E-state index is -0.0770. The molecule has 0 saturated carbocycles. The summed E-state index contributed by atoms with van der Waals surface area (Å²) in [7, 11) is 0. The molecule has 0 unspecified atom stereocenters. The van der Waals surface area contributed by atoms with E-state index >= 15 is 0 Å². The molecule has 0 aliphatic carbocycles. The van der Waals surface area contributed by atoms with Gasteiger partial charge in [-0.1, -0.05) is 0 Å². The summed E-state index contributed by atoms with van der Waals surface area (Å²) in [6.45, 7) is 0.724. The number of carbonyl (C=O) groups is 1. The molecule has 1 heterocycles. The molecule has 1 aromatic carbocycles. The van der Waals surface area contributed by atoms with Gasteiger partial charge in [-0.3, -0.25) is 4.79 Å². The van der Waals surface area contributed by atoms with E-state index in [9.17, 15) is 4.79 Å². The maximum Gasteiger partial charge on any atom is 0.223 e. The van der Waals surface area contributed by atoms with Crippen molar-refractivity contribution in [3.63, 3.8) is 0 Å². The van der Waals surface area contributed by atoms with E-state index in [-0.39, 0.29) is 5.91 Å². The molecule has 1 amide bonds. The molecule has 0 aliphatic heterocycles. The Morgan fingerprint density at radius 2 is 2.16 bits per heavy atom. The number of amides is 1. The number of nitrogen functional groups attached to an aromatic ring is 1. The minimum Gasteiger partial charge on any atom is -0.493 e. The Kier molecular flexibility index (Phi) is 4.39. The number of ether oxygens (including phenoxy) is 1. The number of nitrogens with one attached hydrogen (secondary N) is 2. The summed E-state index contributed by atoms with van der Waals surface area (Å²) >= 11 is 0. The molecular formula is C13H16N4O2. The number of aromatic amines is 1. The predicted molar refractivity (Wildman–Crippen MR) is 71.4 cm³/mol. The van der Waals surface area contributed by atoms with Crippen LogP contribution in [0, 0.1) is 0 Å². The Hall–Kier alpha value is -2.50. The Morgan fingerprint density at radius 1 is 1.37 bits per heavy atom. The number of hydrogen-bond donors (Lipinski definition) is 3. The molecule has 100 valence electrons. The number of benzene rings is 1. The molecule has 0 spiro atoms. The Labute approximate surface area is 111 Å². The predicted octanol–water partition coefficient (Wildman–Crippen LogP) is 1.08. The summed E-state index contributed by atoms with van der Waals surface area (Å²) in [6, 6.07) is 7.06. The van der Waals surface area contributed by atoms with Crippen LogP contribution in [0.15, 0.2) is 36.7 Å². The van der Waals surface area contributed by atoms with Crippen LogP contribution in [-0.4, -0.2) is 22.5 Å². The van der Waals surface area contributed by atoms with Gasteiger partial charge in [-0.2, -0.15) is 0 Å². The lowest BCUT2D eigenvalue weighted by molar-refractivity contribution is -0.121. The first-order valence-electron chi connectivity index (χ1n) is 5.97. The van der Waals surface area contributed by atoms with Gasteiger partial charge in [-0.15, -0.1) is 0 Å². The van der Waals surface area contributed by atoms with Gasteiger partial charge in [0.1, 0.15) is 11.6 Å². The molecule has 0 atom stereocenters. The van der Waals surface area contributed by atoms with Crippen molar-refractivity contribution < 1.29 is 9.53 Å². The molecule has 6 heteroatoms. The number of rotatable bonds is 6. The fourth-order valence-electron chi connectivity index (χ4n) is 1.49. The van der Waals surface area contributed by atoms with Crippen LogP contribution in [0.3, 0.4) is 0 Å². The standard InChI is InChI=1S/C13H16N4O2/c14-10-1-3-11(4-2-10)19-8-5-13(18)17-9-12-15-6-7-16-12/h1-4,6-7H,5,8-9,14H2,(H,15,16)(H,17,18). The van der Waals surface area contributed by atoms with Gasteiger partial charge < -0.3 is 20.8 Å². The zero-order valence-electron chi connectivity index (χ0n) is 10.4. The molecular weight excluding hydrogens is 244 g/mol. The smallest absolute Gasteiger partial charge is 0.223 e. The second-order valence-corrected chi connectivity index (χ2v) is 3.98. The van der Waals surface area contributed by atoms with Crippen molar-refractivity contribution in [2.24, 2.45) is 0 Å². The second kappa shape index (κ2) is 6.44. The molecule has 1 aromatic heterocycles. The zero-order valence-corrected chi connectivity index (χ0v) is 10.4. The third-order valence-corrected chi connectivity index (χ3v) is 2.49. The first-order chi connectivity index (χ1) is 9.24. The van der Waals surface area contributed by atoms with Crippen molar-refractivity contribution in [3.05, 3.63) is 42.5 Å². The van der Waals surface area contributed by atoms with Gasteiger partial charge in [0.2, 0.25) is 5.91 Å². The number of carbonyl (C=O) groups excluding carboxylic acids is 1. The first kappa shape index (κ1) is 12.9. The van der Waals surface area contributed by atoms with Crippen LogP contribution in [0.1, 0.15) is 12.2 Å². The average Bonchev–Trinajstić information content (AvgIpc) is 2.92. The molecule has 4 N–H and O–H groups in total. The van der Waals surface area contributed by atoms with Gasteiger partial charge in [0.25, 0.3) is 0 Å². The Balaban J connectivity index is 1.65. The Morgan fingerprint density at radius 3 is 2.84 bits per heavy atom. The van der Waals surface area contributed by atoms with Crippen LogP contribution in [0.25, 0.3) is 0 Å². The van der Waals surface area contributed by atoms with E-state index in [0.29, 0.717) is 31.0 Å². The summed E-state index contributed by atoms with van der Waals surface area (Å²) in [4.78, 5) is 18.5. The maximum atomic E-state index is 11.5. The highest BCUT2D eigenvalue weighted by Crippen LogP contribution is 2.12. The van der Waals surface area contributed by atoms with Gasteiger partial charge in [0.05, 0.1) is 19.6 Å². The first-order valence-corrected chi connectivity index (χ1v) is 5.97. The molecule has 0 radical (unpaired) electrons. The van der Waals surface area contributed by atoms with Crippen LogP contribution >= 0.6 is 0 Å². The number of aromatic nitrogens is 2. The van der Waals surface area contributed by atoms with Crippen molar-refractivity contribution in [2.45, 2.75) is 13.0 Å². The van der Waals surface area contributed by atoms with Crippen LogP contribution < -0.4 is 15.8 Å². The molecule has 0 fully saturated rings. The van der Waals surface area contributed by atoms with Gasteiger partial charge in [-0.25, -0.2) is 4.98 Å². The van der Waals surface area contributed by atoms with E-state index < -0.39 is 0 Å². The van der Waals surface area contributed by atoms with Gasteiger partial charge in [-0.05, 0) is 24.3 Å². The van der Waals surface area contributed by atoms with Crippen LogP contribution in [0.2, 0.25) is 0 Å². The summed E-state index contributed by atoms with van der Waals surface area (Å²) in [5.74, 6) is 1.35. The lowest BCUT2D eigenvalue weighted by Gasteiger charge is -2.06. The van der Waals surface area contributed by atoms with E-state index in [2.05, 4.69) is 15.3 Å². The highest BCUT2D eigenvalue weighted by Gasteiger charge is 2.03. The fourth-order valence-corrected chi connectivity index (χ4v) is 1.49. The second-order valence-electron chi connectivity index (χ2n) is 3.98. The van der Waals surface area contributed by atoms with Crippen LogP contribution in [0.5, 0.6) is 5.75 Å². The quantitative estimate of drug-likeness (QED) is 0.677. The van der Waals surface area contributed by atoms with Gasteiger partial charge in [0.15, 0.2) is 0 Å². The minimum absolute atomic E-state index is 0.0770. The van der Waals surface area contributed by atoms with E-state index in [1.807, 2.05) is 0 Å². The van der Waals surface area contributed by atoms with Gasteiger partial charge >= 0.3 is 0 Å². The summed E-state index contributed by atoms with van der Waals surface area (Å²) < 4.78 is 5.43. The molecule has 6 nitrogen and oxygen atoms in total. The summed E-state index contributed by atoms with van der Waals surface area (Å²) in [5, 5.41) is 2.75. The lowest BCUT2D eigenvalue weighted by atomic mass is 10.3. The molecule has 0 aliphatic rings. The zero-order chi connectivity index (χ0) is 13.5. The van der Waals surface area contributed by atoms with Crippen molar-refractivity contribution in [3.8, 4) is 5.75 Å². The number of anilines is 1. The number of imidazole rings is 1. The molecule has 2 rings (SSSR count). The van der Waals surface area contributed by atoms with E-state index in [0.717, 1.165) is 5.82 Å².